The highest BCUT2D eigenvalue weighted by molar-refractivity contribution is 4.82. The van der Waals surface area contributed by atoms with Gasteiger partial charge in [0, 0.05) is 6.92 Å². The smallest absolute Gasteiger partial charge is 0.280 e. The molecule has 2 rings (SSSR count). The Morgan fingerprint density at radius 3 is 1.84 bits per heavy atom. The molecule has 0 aromatic rings. The van der Waals surface area contributed by atoms with Gasteiger partial charge >= 0.3 is 0 Å². The van der Waals surface area contributed by atoms with Crippen LogP contribution in [0.3, 0.4) is 0 Å². The van der Waals surface area contributed by atoms with E-state index in [1.54, 1.807) is 6.92 Å². The first kappa shape index (κ1) is 26.7. The lowest BCUT2D eigenvalue weighted by Gasteiger charge is -2.31. The summed E-state index contributed by atoms with van der Waals surface area (Å²) in [5.74, 6) is -2.39. The second-order valence-electron chi connectivity index (χ2n) is 9.37. The first-order chi connectivity index (χ1) is 14.6. The molecule has 0 saturated carbocycles. The van der Waals surface area contributed by atoms with Crippen molar-refractivity contribution >= 4 is 0 Å². The summed E-state index contributed by atoms with van der Waals surface area (Å²) < 4.78 is 40.9. The van der Waals surface area contributed by atoms with E-state index >= 15 is 0 Å². The summed E-state index contributed by atoms with van der Waals surface area (Å²) in [5, 5.41) is 0. The van der Waals surface area contributed by atoms with Gasteiger partial charge in [-0.1, -0.05) is 44.8 Å². The van der Waals surface area contributed by atoms with Crippen molar-refractivity contribution in [2.24, 2.45) is 0 Å². The summed E-state index contributed by atoms with van der Waals surface area (Å²) in [7, 11) is 0. The third-order valence-corrected chi connectivity index (χ3v) is 5.28. The fourth-order valence-corrected chi connectivity index (χ4v) is 3.56. The number of hydrogen-bond donors (Lipinski definition) is 0. The molecule has 0 aromatic heterocycles. The van der Waals surface area contributed by atoms with Crippen molar-refractivity contribution in [3.63, 3.8) is 0 Å². The van der Waals surface area contributed by atoms with Crippen molar-refractivity contribution in [3.8, 4) is 0 Å². The van der Waals surface area contributed by atoms with Gasteiger partial charge < -0.3 is 33.2 Å². The van der Waals surface area contributed by atoms with Crippen LogP contribution in [0.2, 0.25) is 0 Å². The van der Waals surface area contributed by atoms with Crippen LogP contribution >= 0.6 is 0 Å². The summed E-state index contributed by atoms with van der Waals surface area (Å²) in [5.41, 5.74) is 0. The Kier molecular flexibility index (Phi) is 10.9. The molecule has 7 heteroatoms. The summed E-state index contributed by atoms with van der Waals surface area (Å²) in [6.07, 6.45) is 11.3. The van der Waals surface area contributed by atoms with Crippen LogP contribution in [0, 0.1) is 0 Å². The third-order valence-electron chi connectivity index (χ3n) is 5.28. The van der Waals surface area contributed by atoms with E-state index in [-0.39, 0.29) is 12.2 Å². The average Bonchev–Trinajstić information content (AvgIpc) is 3.24. The zero-order valence-corrected chi connectivity index (χ0v) is 20.4. The summed E-state index contributed by atoms with van der Waals surface area (Å²) in [4.78, 5) is 0. The van der Waals surface area contributed by atoms with E-state index in [2.05, 4.69) is 13.0 Å². The molecule has 0 aliphatic carbocycles. The van der Waals surface area contributed by atoms with Crippen molar-refractivity contribution < 1.29 is 33.2 Å². The zero-order chi connectivity index (χ0) is 22.8. The van der Waals surface area contributed by atoms with Crippen LogP contribution in [0.25, 0.3) is 0 Å². The number of ether oxygens (including phenoxy) is 7. The molecular weight excluding hydrogens is 400 g/mol. The van der Waals surface area contributed by atoms with Crippen molar-refractivity contribution in [2.45, 2.75) is 110 Å². The topological polar surface area (TPSA) is 64.6 Å². The predicted molar refractivity (Wildman–Crippen MR) is 119 cm³/mol. The van der Waals surface area contributed by atoms with Crippen LogP contribution in [-0.4, -0.2) is 62.8 Å². The van der Waals surface area contributed by atoms with Crippen LogP contribution in [0.4, 0.5) is 0 Å². The van der Waals surface area contributed by atoms with E-state index < -0.39 is 17.5 Å². The molecule has 0 spiro atoms. The molecule has 2 saturated heterocycles. The monoisotopic (exact) mass is 444 g/mol. The van der Waals surface area contributed by atoms with Crippen LogP contribution in [0.5, 0.6) is 0 Å². The largest absolute Gasteiger partial charge is 0.348 e. The molecule has 0 amide bonds. The van der Waals surface area contributed by atoms with Crippen LogP contribution in [0.15, 0.2) is 12.2 Å². The van der Waals surface area contributed by atoms with Gasteiger partial charge in [0.15, 0.2) is 11.6 Å². The normalized spacial score (nSPS) is 27.2. The molecule has 7 nitrogen and oxygen atoms in total. The molecular formula is C24H44O7. The molecule has 2 aliphatic rings. The molecule has 2 atom stereocenters. The Morgan fingerprint density at radius 1 is 0.806 bits per heavy atom. The van der Waals surface area contributed by atoms with Gasteiger partial charge in [-0.3, -0.25) is 0 Å². The minimum absolute atomic E-state index is 0.162. The predicted octanol–water partition coefficient (Wildman–Crippen LogP) is 4.93. The Balaban J connectivity index is 1.77. The molecule has 182 valence electrons. The van der Waals surface area contributed by atoms with Gasteiger partial charge in [0.2, 0.25) is 0 Å². The van der Waals surface area contributed by atoms with Gasteiger partial charge in [0.25, 0.3) is 5.97 Å². The van der Waals surface area contributed by atoms with Gasteiger partial charge in [0.1, 0.15) is 12.2 Å². The lowest BCUT2D eigenvalue weighted by molar-refractivity contribution is -0.375. The molecule has 2 fully saturated rings. The molecule has 0 aromatic carbocycles. The van der Waals surface area contributed by atoms with E-state index in [0.29, 0.717) is 33.0 Å². The Labute approximate surface area is 188 Å². The van der Waals surface area contributed by atoms with E-state index in [4.69, 9.17) is 33.2 Å². The fraction of sp³-hybridized carbons (Fsp3) is 0.917. The number of rotatable bonds is 15. The van der Waals surface area contributed by atoms with Crippen molar-refractivity contribution in [3.05, 3.63) is 12.2 Å². The average molecular weight is 445 g/mol. The molecule has 31 heavy (non-hydrogen) atoms. The minimum atomic E-state index is -1.21. The highest BCUT2D eigenvalue weighted by atomic mass is 16.9. The Morgan fingerprint density at radius 2 is 1.35 bits per heavy atom. The highest BCUT2D eigenvalue weighted by Gasteiger charge is 2.38. The standard InChI is InChI=1S/C24H44O7/c1-7-8-9-10-11-12-13-14-15-25-24(6,28-18-20-16-26-22(2,3)30-20)29-19-21-17-27-23(4,5)31-21/h13-14,20-21H,7-12,15-19H2,1-6H3/b14-13+. The first-order valence-corrected chi connectivity index (χ1v) is 11.8. The van der Waals surface area contributed by atoms with E-state index in [9.17, 15) is 0 Å². The minimum Gasteiger partial charge on any atom is -0.348 e. The van der Waals surface area contributed by atoms with Crippen LogP contribution in [0.1, 0.15) is 80.1 Å². The number of allylic oxidation sites excluding steroid dienone is 1. The highest BCUT2D eigenvalue weighted by Crippen LogP contribution is 2.26. The number of hydrogen-bond acceptors (Lipinski definition) is 7. The van der Waals surface area contributed by atoms with E-state index in [1.165, 1.54) is 32.1 Å². The lowest BCUT2D eigenvalue weighted by atomic mass is 10.1. The summed E-state index contributed by atoms with van der Waals surface area (Å²) in [6, 6.07) is 0. The fourth-order valence-electron chi connectivity index (χ4n) is 3.56. The third kappa shape index (κ3) is 10.7. The molecule has 0 radical (unpaired) electrons. The van der Waals surface area contributed by atoms with Gasteiger partial charge in [-0.05, 0) is 40.5 Å². The Bertz CT molecular complexity index is 502. The Hall–Kier alpha value is -0.540. The molecule has 2 unspecified atom stereocenters. The van der Waals surface area contributed by atoms with Gasteiger partial charge in [0.05, 0.1) is 33.0 Å². The maximum absolute atomic E-state index is 6.01. The molecule has 2 heterocycles. The second kappa shape index (κ2) is 12.6. The van der Waals surface area contributed by atoms with E-state index in [0.717, 1.165) is 6.42 Å². The van der Waals surface area contributed by atoms with Gasteiger partial charge in [-0.15, -0.1) is 0 Å². The second-order valence-corrected chi connectivity index (χ2v) is 9.37. The van der Waals surface area contributed by atoms with Crippen molar-refractivity contribution in [1.29, 1.82) is 0 Å². The zero-order valence-electron chi connectivity index (χ0n) is 20.4. The molecule has 0 N–H and O–H groups in total. The maximum Gasteiger partial charge on any atom is 0.280 e. The van der Waals surface area contributed by atoms with Crippen LogP contribution < -0.4 is 0 Å². The van der Waals surface area contributed by atoms with Crippen molar-refractivity contribution in [1.82, 2.24) is 0 Å². The SMILES string of the molecule is CCCCCCC/C=C/COC(C)(OCC1COC(C)(C)O1)OCC1COC(C)(C)O1. The van der Waals surface area contributed by atoms with Crippen molar-refractivity contribution in [2.75, 3.05) is 33.0 Å². The van der Waals surface area contributed by atoms with Gasteiger partial charge in [-0.2, -0.15) is 0 Å². The summed E-state index contributed by atoms with van der Waals surface area (Å²) >= 11 is 0. The number of unbranched alkanes of at least 4 members (excludes halogenated alkanes) is 5. The molecule has 0 bridgehead atoms. The maximum atomic E-state index is 6.01. The van der Waals surface area contributed by atoms with Gasteiger partial charge in [-0.25, -0.2) is 0 Å². The quantitative estimate of drug-likeness (QED) is 0.202. The lowest BCUT2D eigenvalue weighted by Crippen LogP contribution is -2.41. The first-order valence-electron chi connectivity index (χ1n) is 11.8. The summed E-state index contributed by atoms with van der Waals surface area (Å²) in [6.45, 7) is 13.6. The van der Waals surface area contributed by atoms with Crippen LogP contribution in [-0.2, 0) is 33.2 Å². The van der Waals surface area contributed by atoms with E-state index in [1.807, 2.05) is 33.8 Å². The molecule has 2 aliphatic heterocycles.